The molecule has 0 aliphatic carbocycles. The molecule has 0 saturated heterocycles. The highest BCUT2D eigenvalue weighted by molar-refractivity contribution is 5.76. The van der Waals surface area contributed by atoms with Crippen molar-refractivity contribution in [1.29, 1.82) is 0 Å². The first kappa shape index (κ1) is 13.6. The number of carbonyl (C=O) groups excluding carboxylic acids is 1. The Hall–Kier alpha value is -1.42. The number of hydrogen-bond donors (Lipinski definition) is 2. The highest BCUT2D eigenvalue weighted by Crippen LogP contribution is 2.10. The third-order valence-electron chi connectivity index (χ3n) is 2.62. The van der Waals surface area contributed by atoms with E-state index in [9.17, 15) is 9.18 Å². The molecule has 1 rings (SSSR count). The number of carbonyl (C=O) groups is 1. The molecule has 1 aromatic carbocycles. The van der Waals surface area contributed by atoms with Crippen LogP contribution in [0.5, 0.6) is 0 Å². The maximum absolute atomic E-state index is 12.9. The second kappa shape index (κ2) is 7.01. The lowest BCUT2D eigenvalue weighted by molar-refractivity contribution is -0.120. The number of amides is 1. The zero-order valence-electron chi connectivity index (χ0n) is 10.3. The fourth-order valence-electron chi connectivity index (χ4n) is 1.60. The Morgan fingerprint density at radius 1 is 1.35 bits per heavy atom. The smallest absolute Gasteiger partial charge is 0.221 e. The zero-order chi connectivity index (χ0) is 12.7. The van der Waals surface area contributed by atoms with E-state index in [0.29, 0.717) is 19.5 Å². The molecule has 0 fully saturated rings. The van der Waals surface area contributed by atoms with Gasteiger partial charge in [0.2, 0.25) is 5.91 Å². The Morgan fingerprint density at radius 2 is 2.12 bits per heavy atom. The fourth-order valence-corrected chi connectivity index (χ4v) is 1.60. The van der Waals surface area contributed by atoms with Crippen LogP contribution in [0.3, 0.4) is 0 Å². The van der Waals surface area contributed by atoms with Gasteiger partial charge in [0.25, 0.3) is 0 Å². The van der Waals surface area contributed by atoms with Gasteiger partial charge in [-0.15, -0.1) is 0 Å². The molecule has 2 N–H and O–H groups in total. The lowest BCUT2D eigenvalue weighted by Crippen LogP contribution is -2.28. The molecule has 3 nitrogen and oxygen atoms in total. The van der Waals surface area contributed by atoms with Crippen LogP contribution in [0.2, 0.25) is 0 Å². The molecule has 4 heteroatoms. The molecule has 0 aliphatic rings. The van der Waals surface area contributed by atoms with Crippen LogP contribution < -0.4 is 10.6 Å². The first-order chi connectivity index (χ1) is 8.13. The van der Waals surface area contributed by atoms with E-state index in [1.807, 2.05) is 14.0 Å². The quantitative estimate of drug-likeness (QED) is 0.786. The third-order valence-corrected chi connectivity index (χ3v) is 2.62. The second-order valence-electron chi connectivity index (χ2n) is 4.02. The number of aryl methyl sites for hydroxylation is 1. The van der Waals surface area contributed by atoms with E-state index >= 15 is 0 Å². The van der Waals surface area contributed by atoms with Crippen LogP contribution in [0.4, 0.5) is 4.39 Å². The van der Waals surface area contributed by atoms with Gasteiger partial charge in [-0.05, 0) is 43.7 Å². The minimum absolute atomic E-state index is 0.0408. The third kappa shape index (κ3) is 4.95. The van der Waals surface area contributed by atoms with Gasteiger partial charge in [0.15, 0.2) is 0 Å². The predicted octanol–water partition coefficient (Wildman–Crippen LogP) is 1.40. The highest BCUT2D eigenvalue weighted by atomic mass is 19.1. The number of hydrogen-bond acceptors (Lipinski definition) is 2. The average Bonchev–Trinajstić information content (AvgIpc) is 2.29. The van der Waals surface area contributed by atoms with E-state index in [2.05, 4.69) is 10.6 Å². The van der Waals surface area contributed by atoms with E-state index in [-0.39, 0.29) is 11.7 Å². The van der Waals surface area contributed by atoms with Gasteiger partial charge >= 0.3 is 0 Å². The summed E-state index contributed by atoms with van der Waals surface area (Å²) < 4.78 is 12.9. The molecule has 0 saturated carbocycles. The molecular weight excluding hydrogens is 219 g/mol. The molecule has 0 bridgehead atoms. The molecule has 1 amide bonds. The summed E-state index contributed by atoms with van der Waals surface area (Å²) in [7, 11) is 1.81. The zero-order valence-corrected chi connectivity index (χ0v) is 10.3. The maximum Gasteiger partial charge on any atom is 0.221 e. The molecule has 17 heavy (non-hydrogen) atoms. The predicted molar refractivity (Wildman–Crippen MR) is 66.4 cm³/mol. The monoisotopic (exact) mass is 238 g/mol. The van der Waals surface area contributed by atoms with Crippen LogP contribution in [0.1, 0.15) is 17.5 Å². The van der Waals surface area contributed by atoms with E-state index in [0.717, 1.165) is 17.5 Å². The summed E-state index contributed by atoms with van der Waals surface area (Å²) in [6.07, 6.45) is 1.22. The highest BCUT2D eigenvalue weighted by Gasteiger charge is 2.02. The van der Waals surface area contributed by atoms with Crippen molar-refractivity contribution >= 4 is 5.91 Å². The van der Waals surface area contributed by atoms with Crippen molar-refractivity contribution in [2.75, 3.05) is 20.1 Å². The molecular formula is C13H19FN2O. The first-order valence-corrected chi connectivity index (χ1v) is 5.80. The molecule has 1 aromatic rings. The van der Waals surface area contributed by atoms with Gasteiger partial charge in [-0.1, -0.05) is 6.07 Å². The van der Waals surface area contributed by atoms with Crippen molar-refractivity contribution < 1.29 is 9.18 Å². The largest absolute Gasteiger partial charge is 0.356 e. The summed E-state index contributed by atoms with van der Waals surface area (Å²) in [4.78, 5) is 11.3. The lowest BCUT2D eigenvalue weighted by Gasteiger charge is -2.07. The lowest BCUT2D eigenvalue weighted by atomic mass is 10.1. The van der Waals surface area contributed by atoms with Crippen molar-refractivity contribution in [3.05, 3.63) is 35.1 Å². The summed E-state index contributed by atoms with van der Waals surface area (Å²) in [5.74, 6) is -0.177. The van der Waals surface area contributed by atoms with E-state index < -0.39 is 0 Å². The van der Waals surface area contributed by atoms with Crippen LogP contribution in [0.25, 0.3) is 0 Å². The van der Waals surface area contributed by atoms with Crippen molar-refractivity contribution in [3.8, 4) is 0 Å². The van der Waals surface area contributed by atoms with Gasteiger partial charge in [0.05, 0.1) is 0 Å². The van der Waals surface area contributed by atoms with E-state index in [4.69, 9.17) is 0 Å². The summed E-state index contributed by atoms with van der Waals surface area (Å²) in [6.45, 7) is 3.15. The number of nitrogens with one attached hydrogen (secondary N) is 2. The molecule has 0 aliphatic heterocycles. The van der Waals surface area contributed by atoms with Crippen LogP contribution >= 0.6 is 0 Å². The first-order valence-electron chi connectivity index (χ1n) is 5.80. The molecule has 0 atom stereocenters. The van der Waals surface area contributed by atoms with Gasteiger partial charge in [0, 0.05) is 19.5 Å². The van der Waals surface area contributed by atoms with E-state index in [1.165, 1.54) is 12.1 Å². The summed E-state index contributed by atoms with van der Waals surface area (Å²) in [5, 5.41) is 5.75. The van der Waals surface area contributed by atoms with E-state index in [1.54, 1.807) is 6.07 Å². The molecule has 0 radical (unpaired) electrons. The van der Waals surface area contributed by atoms with Crippen LogP contribution in [0, 0.1) is 12.7 Å². The van der Waals surface area contributed by atoms with Crippen molar-refractivity contribution in [1.82, 2.24) is 10.6 Å². The average molecular weight is 238 g/mol. The SMILES string of the molecule is CNCCC(=O)NCCc1ccc(F)cc1C. The van der Waals surface area contributed by atoms with Crippen LogP contribution in [0.15, 0.2) is 18.2 Å². The maximum atomic E-state index is 12.9. The van der Waals surface area contributed by atoms with Crippen molar-refractivity contribution in [3.63, 3.8) is 0 Å². The number of benzene rings is 1. The molecule has 0 aromatic heterocycles. The topological polar surface area (TPSA) is 41.1 Å². The Labute approximate surface area is 101 Å². The Kier molecular flexibility index (Phi) is 5.63. The molecule has 0 spiro atoms. The second-order valence-corrected chi connectivity index (χ2v) is 4.02. The summed E-state index contributed by atoms with van der Waals surface area (Å²) >= 11 is 0. The van der Waals surface area contributed by atoms with Crippen LogP contribution in [-0.2, 0) is 11.2 Å². The summed E-state index contributed by atoms with van der Waals surface area (Å²) in [6, 6.07) is 4.73. The van der Waals surface area contributed by atoms with Crippen molar-refractivity contribution in [2.24, 2.45) is 0 Å². The number of halogens is 1. The fraction of sp³-hybridized carbons (Fsp3) is 0.462. The summed E-state index contributed by atoms with van der Waals surface area (Å²) in [5.41, 5.74) is 2.00. The van der Waals surface area contributed by atoms with Gasteiger partial charge in [-0.25, -0.2) is 4.39 Å². The molecule has 0 unspecified atom stereocenters. The normalized spacial score (nSPS) is 10.3. The standard InChI is InChI=1S/C13H19FN2O/c1-10-9-12(14)4-3-11(10)5-8-16-13(17)6-7-15-2/h3-4,9,15H,5-8H2,1-2H3,(H,16,17). The van der Waals surface area contributed by atoms with Gasteiger partial charge < -0.3 is 10.6 Å². The van der Waals surface area contributed by atoms with Crippen molar-refractivity contribution in [2.45, 2.75) is 19.8 Å². The number of rotatable bonds is 6. The molecule has 94 valence electrons. The minimum Gasteiger partial charge on any atom is -0.356 e. The Bertz CT molecular complexity index is 380. The van der Waals surface area contributed by atoms with Gasteiger partial charge in [-0.3, -0.25) is 4.79 Å². The Morgan fingerprint density at radius 3 is 2.76 bits per heavy atom. The van der Waals surface area contributed by atoms with Gasteiger partial charge in [-0.2, -0.15) is 0 Å². The van der Waals surface area contributed by atoms with Gasteiger partial charge in [0.1, 0.15) is 5.82 Å². The molecule has 0 heterocycles. The van der Waals surface area contributed by atoms with Crippen LogP contribution in [-0.4, -0.2) is 26.0 Å². The minimum atomic E-state index is -0.218. The Balaban J connectivity index is 2.33.